The summed E-state index contributed by atoms with van der Waals surface area (Å²) in [4.78, 5) is 13.6. The van der Waals surface area contributed by atoms with Gasteiger partial charge in [-0.3, -0.25) is 4.79 Å². The molecule has 0 aromatic heterocycles. The third kappa shape index (κ3) is 4.43. The topological polar surface area (TPSA) is 82.3 Å². The molecule has 202 valence electrons. The Hall–Kier alpha value is -1.90. The molecule has 0 unspecified atom stereocenters. The number of rotatable bonds is 6. The molecule has 5 nitrogen and oxygen atoms in total. The lowest BCUT2D eigenvalue weighted by Crippen LogP contribution is -2.58. The van der Waals surface area contributed by atoms with Gasteiger partial charge in [-0.05, 0) is 136 Å². The molecule has 0 saturated heterocycles. The predicted molar refractivity (Wildman–Crippen MR) is 146 cm³/mol. The second kappa shape index (κ2) is 10.0. The highest BCUT2D eigenvalue weighted by atomic mass is 16.5. The van der Waals surface area contributed by atoms with Crippen LogP contribution in [0.3, 0.4) is 0 Å². The number of hydrogen-bond acceptors (Lipinski definition) is 4. The van der Waals surface area contributed by atoms with Crippen molar-refractivity contribution in [3.8, 4) is 6.07 Å². The molecule has 37 heavy (non-hydrogen) atoms. The number of hydrogen-bond donors (Lipinski definition) is 2. The molecule has 8 atom stereocenters. The molecule has 5 heteroatoms. The molecule has 1 aromatic carbocycles. The summed E-state index contributed by atoms with van der Waals surface area (Å²) in [6.45, 7) is 9.90. The second-order valence-electron chi connectivity index (χ2n) is 13.1. The Bertz CT molecular complexity index is 1060. The van der Waals surface area contributed by atoms with E-state index in [1.807, 2.05) is 26.0 Å². The molecule has 0 aliphatic heterocycles. The molecular weight excluding hydrogens is 460 g/mol. The predicted octanol–water partition coefficient (Wildman–Crippen LogP) is 6.62. The van der Waals surface area contributed by atoms with Gasteiger partial charge in [-0.15, -0.1) is 0 Å². The maximum absolute atomic E-state index is 13.6. The quantitative estimate of drug-likeness (QED) is 0.454. The largest absolute Gasteiger partial charge is 0.387 e. The molecule has 4 aliphatic rings. The van der Waals surface area contributed by atoms with E-state index in [4.69, 9.17) is 4.74 Å². The molecule has 0 heterocycles. The van der Waals surface area contributed by atoms with Crippen molar-refractivity contribution in [2.24, 2.45) is 40.4 Å². The minimum Gasteiger partial charge on any atom is -0.387 e. The number of carbonyl (C=O) groups excluding carboxylic acids is 1. The first-order chi connectivity index (χ1) is 17.7. The van der Waals surface area contributed by atoms with E-state index in [0.717, 1.165) is 49.8 Å². The lowest BCUT2D eigenvalue weighted by atomic mass is 9.42. The monoisotopic (exact) mass is 506 g/mol. The van der Waals surface area contributed by atoms with Crippen molar-refractivity contribution < 1.29 is 14.6 Å². The normalized spacial score (nSPS) is 40.7. The molecule has 4 fully saturated rings. The van der Waals surface area contributed by atoms with E-state index >= 15 is 0 Å². The number of ether oxygens (including phenoxy) is 1. The highest BCUT2D eigenvalue weighted by Gasteiger charge is 2.63. The summed E-state index contributed by atoms with van der Waals surface area (Å²) in [6, 6.07) is 7.69. The number of carbonyl (C=O) groups is 1. The summed E-state index contributed by atoms with van der Waals surface area (Å²) in [5.74, 6) is 2.82. The number of nitrogens with one attached hydrogen (secondary N) is 1. The third-order valence-corrected chi connectivity index (χ3v) is 11.7. The number of aryl methyl sites for hydroxylation is 1. The van der Waals surface area contributed by atoms with Crippen LogP contribution in [0.1, 0.15) is 96.1 Å². The Morgan fingerprint density at radius 1 is 1.14 bits per heavy atom. The van der Waals surface area contributed by atoms with Gasteiger partial charge >= 0.3 is 0 Å². The Kier molecular flexibility index (Phi) is 7.22. The van der Waals surface area contributed by atoms with E-state index in [0.29, 0.717) is 47.9 Å². The van der Waals surface area contributed by atoms with Crippen LogP contribution >= 0.6 is 0 Å². The van der Waals surface area contributed by atoms with Crippen LogP contribution in [-0.2, 0) is 9.53 Å². The van der Waals surface area contributed by atoms with Crippen LogP contribution in [0.25, 0.3) is 0 Å². The maximum atomic E-state index is 13.6. The van der Waals surface area contributed by atoms with Crippen LogP contribution in [-0.4, -0.2) is 29.8 Å². The van der Waals surface area contributed by atoms with E-state index in [2.05, 4.69) is 25.2 Å². The molecule has 4 aliphatic carbocycles. The Morgan fingerprint density at radius 2 is 1.95 bits per heavy atom. The molecule has 0 spiro atoms. The Balaban J connectivity index is 1.32. The zero-order valence-electron chi connectivity index (χ0n) is 23.3. The number of amides is 1. The van der Waals surface area contributed by atoms with Crippen molar-refractivity contribution in [1.29, 1.82) is 5.26 Å². The number of anilines is 1. The summed E-state index contributed by atoms with van der Waals surface area (Å²) in [5, 5.41) is 23.7. The highest BCUT2D eigenvalue weighted by molar-refractivity contribution is 5.94. The third-order valence-electron chi connectivity index (χ3n) is 11.7. The van der Waals surface area contributed by atoms with Crippen molar-refractivity contribution in [2.75, 3.05) is 18.5 Å². The summed E-state index contributed by atoms with van der Waals surface area (Å²) in [7, 11) is 0. The highest BCUT2D eigenvalue weighted by Crippen LogP contribution is 2.69. The van der Waals surface area contributed by atoms with Gasteiger partial charge in [-0.25, -0.2) is 0 Å². The molecule has 0 bridgehead atoms. The smallest absolute Gasteiger partial charge is 0.228 e. The molecule has 2 N–H and O–H groups in total. The minimum atomic E-state index is -0.657. The van der Waals surface area contributed by atoms with Crippen molar-refractivity contribution in [3.63, 3.8) is 0 Å². The minimum absolute atomic E-state index is 0.0476. The van der Waals surface area contributed by atoms with Crippen molar-refractivity contribution in [3.05, 3.63) is 29.3 Å². The first kappa shape index (κ1) is 26.7. The number of nitriles is 1. The van der Waals surface area contributed by atoms with Gasteiger partial charge in [0.15, 0.2) is 0 Å². The zero-order chi connectivity index (χ0) is 26.4. The van der Waals surface area contributed by atoms with Crippen molar-refractivity contribution >= 4 is 11.6 Å². The van der Waals surface area contributed by atoms with E-state index in [9.17, 15) is 15.2 Å². The molecule has 1 amide bonds. The second-order valence-corrected chi connectivity index (χ2v) is 13.1. The van der Waals surface area contributed by atoms with E-state index < -0.39 is 5.60 Å². The van der Waals surface area contributed by atoms with Gasteiger partial charge in [0.1, 0.15) is 0 Å². The van der Waals surface area contributed by atoms with E-state index in [1.54, 1.807) is 6.07 Å². The lowest BCUT2D eigenvalue weighted by Gasteiger charge is -2.63. The van der Waals surface area contributed by atoms with Gasteiger partial charge in [0.2, 0.25) is 5.91 Å². The summed E-state index contributed by atoms with van der Waals surface area (Å²) in [5.41, 5.74) is 2.13. The Labute approximate surface area is 223 Å². The van der Waals surface area contributed by atoms with Gasteiger partial charge in [0.25, 0.3) is 0 Å². The van der Waals surface area contributed by atoms with Crippen LogP contribution in [0, 0.1) is 58.7 Å². The molecule has 4 saturated carbocycles. The average molecular weight is 507 g/mol. The fourth-order valence-electron chi connectivity index (χ4n) is 9.78. The molecule has 5 rings (SSSR count). The number of aliphatic hydroxyl groups is 1. The van der Waals surface area contributed by atoms with Gasteiger partial charge < -0.3 is 15.2 Å². The van der Waals surface area contributed by atoms with Gasteiger partial charge in [-0.1, -0.05) is 13.8 Å². The maximum Gasteiger partial charge on any atom is 0.228 e. The van der Waals surface area contributed by atoms with Gasteiger partial charge in [0, 0.05) is 18.2 Å². The summed E-state index contributed by atoms with van der Waals surface area (Å²) < 4.78 is 5.69. The Morgan fingerprint density at radius 3 is 2.65 bits per heavy atom. The lowest BCUT2D eigenvalue weighted by molar-refractivity contribution is -0.173. The number of fused-ring (bicyclic) bond motifs is 5. The fraction of sp³-hybridized carbons (Fsp3) is 0.750. The van der Waals surface area contributed by atoms with Crippen molar-refractivity contribution in [2.45, 2.75) is 97.5 Å². The van der Waals surface area contributed by atoms with Crippen molar-refractivity contribution in [1.82, 2.24) is 0 Å². The van der Waals surface area contributed by atoms with E-state index in [1.165, 1.54) is 25.7 Å². The van der Waals surface area contributed by atoms with Crippen LogP contribution in [0.5, 0.6) is 0 Å². The van der Waals surface area contributed by atoms with Crippen LogP contribution in [0.2, 0.25) is 0 Å². The SMILES string of the molecule is CCOC[C@@]1(O)CC[C@@]2(CC)[C@@H](CC[C@H]3[C@@H]4CC[C@H](C(=O)Nc5ccc(C#N)cc5C)[C@@]4(C)CC[C@@H]32)C1. The van der Waals surface area contributed by atoms with E-state index in [-0.39, 0.29) is 17.2 Å². The summed E-state index contributed by atoms with van der Waals surface area (Å²) >= 11 is 0. The number of nitrogens with zero attached hydrogens (tertiary/aromatic N) is 1. The standard InChI is InChI=1S/C32H46N2O3/c1-5-32-16-15-31(36,20-37-6-2)18-23(32)8-9-24-25-10-11-27(30(25,4)14-13-26(24)32)29(35)34-28-12-7-22(19-33)17-21(28)3/h7,12,17,23-27,36H,5-6,8-11,13-16,18,20H2,1-4H3,(H,34,35)/t23-,24-,25-,26-,27+,30-,31+,32-/m0/s1. The molecule has 0 radical (unpaired) electrons. The first-order valence-corrected chi connectivity index (χ1v) is 14.8. The first-order valence-electron chi connectivity index (χ1n) is 14.8. The zero-order valence-corrected chi connectivity index (χ0v) is 23.3. The van der Waals surface area contributed by atoms with Crippen LogP contribution in [0.4, 0.5) is 5.69 Å². The fourth-order valence-corrected chi connectivity index (χ4v) is 9.78. The van der Waals surface area contributed by atoms with Gasteiger partial charge in [0.05, 0.1) is 23.8 Å². The van der Waals surface area contributed by atoms with Crippen LogP contribution < -0.4 is 5.32 Å². The number of benzene rings is 1. The molecular formula is C32H46N2O3. The van der Waals surface area contributed by atoms with Gasteiger partial charge in [-0.2, -0.15) is 5.26 Å². The average Bonchev–Trinajstić information content (AvgIpc) is 3.25. The summed E-state index contributed by atoms with van der Waals surface area (Å²) in [6.07, 6.45) is 11.0. The van der Waals surface area contributed by atoms with Crippen LogP contribution in [0.15, 0.2) is 18.2 Å². The molecule has 1 aromatic rings.